The summed E-state index contributed by atoms with van der Waals surface area (Å²) in [6.45, 7) is 2.67. The molecule has 2 aliphatic rings. The van der Waals surface area contributed by atoms with Crippen molar-refractivity contribution in [2.24, 2.45) is 0 Å². The minimum Gasteiger partial charge on any atom is -0.464 e. The maximum absolute atomic E-state index is 12.8. The van der Waals surface area contributed by atoms with Gasteiger partial charge in [0, 0.05) is 20.0 Å². The molecular formula is C19H31N3O5+. The number of aliphatic hydroxyl groups is 1. The number of allylic oxidation sites excluding steroid dienone is 2. The van der Waals surface area contributed by atoms with E-state index in [2.05, 4.69) is 11.4 Å². The highest BCUT2D eigenvalue weighted by Gasteiger charge is 2.51. The SMILES string of the molecule is CCOC(=O)C1CCC=CCCCCN(C)C(=O)[N+]2CC(O)CC2C(=O)N1. The van der Waals surface area contributed by atoms with E-state index in [1.807, 2.05) is 6.08 Å². The first-order valence-corrected chi connectivity index (χ1v) is 9.75. The van der Waals surface area contributed by atoms with E-state index < -0.39 is 30.1 Å². The molecule has 0 aromatic carbocycles. The smallest absolute Gasteiger partial charge is 0.464 e. The monoisotopic (exact) mass is 381 g/mol. The first-order chi connectivity index (χ1) is 12.9. The van der Waals surface area contributed by atoms with Gasteiger partial charge in [0.15, 0.2) is 6.54 Å². The van der Waals surface area contributed by atoms with E-state index in [1.54, 1.807) is 18.9 Å². The Morgan fingerprint density at radius 1 is 1.33 bits per heavy atom. The van der Waals surface area contributed by atoms with Gasteiger partial charge in [-0.25, -0.2) is 9.59 Å². The molecule has 3 atom stereocenters. The van der Waals surface area contributed by atoms with Crippen molar-refractivity contribution in [3.8, 4) is 0 Å². The number of hydrogen-bond acceptors (Lipinski definition) is 5. The Morgan fingerprint density at radius 3 is 2.81 bits per heavy atom. The third kappa shape index (κ3) is 6.04. The molecule has 0 aliphatic carbocycles. The molecule has 2 aliphatic heterocycles. The lowest BCUT2D eigenvalue weighted by atomic mass is 10.1. The number of rotatable bonds is 2. The fraction of sp³-hybridized carbons (Fsp3) is 0.737. The van der Waals surface area contributed by atoms with Crippen LogP contribution in [0.3, 0.4) is 0 Å². The maximum Gasteiger partial charge on any atom is 0.467 e. The Labute approximate surface area is 160 Å². The summed E-state index contributed by atoms with van der Waals surface area (Å²) in [6, 6.07) is -1.82. The summed E-state index contributed by atoms with van der Waals surface area (Å²) in [7, 11) is 1.71. The predicted octanol–water partition coefficient (Wildman–Crippen LogP) is 0.880. The summed E-state index contributed by atoms with van der Waals surface area (Å²) in [5, 5.41) is 12.7. The summed E-state index contributed by atoms with van der Waals surface area (Å²) < 4.78 is 5.07. The van der Waals surface area contributed by atoms with Gasteiger partial charge in [0.25, 0.3) is 5.91 Å². The van der Waals surface area contributed by atoms with Gasteiger partial charge in [-0.3, -0.25) is 9.69 Å². The van der Waals surface area contributed by atoms with E-state index in [-0.39, 0.29) is 25.6 Å². The van der Waals surface area contributed by atoms with Crippen LogP contribution in [0.25, 0.3) is 0 Å². The lowest BCUT2D eigenvalue weighted by molar-refractivity contribution is -0.147. The van der Waals surface area contributed by atoms with Crippen molar-refractivity contribution in [1.29, 1.82) is 0 Å². The molecule has 0 aromatic heterocycles. The molecule has 1 saturated heterocycles. The van der Waals surface area contributed by atoms with Crippen LogP contribution in [-0.2, 0) is 14.3 Å². The van der Waals surface area contributed by atoms with Crippen molar-refractivity contribution in [3.63, 3.8) is 0 Å². The van der Waals surface area contributed by atoms with Gasteiger partial charge in [-0.15, -0.1) is 0 Å². The number of fused-ring (bicyclic) bond motifs is 1. The molecule has 2 heterocycles. The lowest BCUT2D eigenvalue weighted by Crippen LogP contribution is -2.56. The van der Waals surface area contributed by atoms with E-state index in [0.717, 1.165) is 19.3 Å². The summed E-state index contributed by atoms with van der Waals surface area (Å²) in [5.74, 6) is -0.901. The number of esters is 1. The predicted molar refractivity (Wildman–Crippen MR) is 100 cm³/mol. The Morgan fingerprint density at radius 2 is 2.07 bits per heavy atom. The van der Waals surface area contributed by atoms with Crippen LogP contribution >= 0.6 is 0 Å². The third-order valence-electron chi connectivity index (χ3n) is 4.94. The van der Waals surface area contributed by atoms with Gasteiger partial charge in [0.2, 0.25) is 6.04 Å². The maximum atomic E-state index is 12.8. The van der Waals surface area contributed by atoms with Crippen LogP contribution in [0.1, 0.15) is 45.4 Å². The van der Waals surface area contributed by atoms with Crippen LogP contribution in [-0.4, -0.2) is 72.8 Å². The van der Waals surface area contributed by atoms with Gasteiger partial charge in [-0.1, -0.05) is 17.1 Å². The molecule has 1 radical (unpaired) electrons. The fourth-order valence-corrected chi connectivity index (χ4v) is 3.46. The topological polar surface area (TPSA) is 102 Å². The number of hydrogen-bond donors (Lipinski definition) is 2. The minimum atomic E-state index is -0.785. The highest BCUT2D eigenvalue weighted by molar-refractivity contribution is 5.92. The minimum absolute atomic E-state index is 0.118. The van der Waals surface area contributed by atoms with Crippen molar-refractivity contribution >= 4 is 17.9 Å². The second kappa shape index (κ2) is 10.4. The van der Waals surface area contributed by atoms with E-state index in [1.165, 1.54) is 4.90 Å². The zero-order valence-corrected chi connectivity index (χ0v) is 16.2. The van der Waals surface area contributed by atoms with Crippen LogP contribution in [0.5, 0.6) is 0 Å². The number of ether oxygens (including phenoxy) is 1. The molecule has 2 rings (SSSR count). The zero-order valence-electron chi connectivity index (χ0n) is 16.2. The second-order valence-electron chi connectivity index (χ2n) is 7.12. The molecule has 8 nitrogen and oxygen atoms in total. The standard InChI is InChI=1S/C19H31N3O5/c1-3-27-18(25)15-10-8-6-4-5-7-9-11-21(2)19(26)22-13-14(23)12-16(22)17(24)20-15/h4,6,14-16,23H,3,5,7-13H2,1-2H3,(H,20,24)/q+1. The Bertz CT molecular complexity index is 566. The molecule has 27 heavy (non-hydrogen) atoms. The zero-order chi connectivity index (χ0) is 19.8. The van der Waals surface area contributed by atoms with Gasteiger partial charge in [0.05, 0.1) is 6.61 Å². The van der Waals surface area contributed by atoms with Crippen LogP contribution in [0, 0.1) is 0 Å². The first-order valence-electron chi connectivity index (χ1n) is 9.75. The third-order valence-corrected chi connectivity index (χ3v) is 4.94. The van der Waals surface area contributed by atoms with Crippen LogP contribution in [0.4, 0.5) is 4.79 Å². The van der Waals surface area contributed by atoms with Crippen LogP contribution in [0.2, 0.25) is 0 Å². The quantitative estimate of drug-likeness (QED) is 0.420. The molecule has 2 N–H and O–H groups in total. The molecular weight excluding hydrogens is 350 g/mol. The van der Waals surface area contributed by atoms with Crippen molar-refractivity contribution in [2.45, 2.75) is 63.6 Å². The Balaban J connectivity index is 2.19. The van der Waals surface area contributed by atoms with Crippen molar-refractivity contribution in [1.82, 2.24) is 15.1 Å². The van der Waals surface area contributed by atoms with Gasteiger partial charge < -0.3 is 15.2 Å². The van der Waals surface area contributed by atoms with E-state index in [9.17, 15) is 19.5 Å². The number of aliphatic hydroxyl groups excluding tert-OH is 1. The molecule has 0 saturated carbocycles. The fourth-order valence-electron chi connectivity index (χ4n) is 3.46. The number of amides is 3. The average molecular weight is 381 g/mol. The number of carbonyl (C=O) groups is 3. The van der Waals surface area contributed by atoms with Crippen molar-refractivity contribution in [2.75, 3.05) is 26.7 Å². The molecule has 0 spiro atoms. The second-order valence-corrected chi connectivity index (χ2v) is 7.12. The molecule has 1 fully saturated rings. The lowest BCUT2D eigenvalue weighted by Gasteiger charge is -2.21. The molecule has 3 amide bonds. The number of nitrogens with one attached hydrogen (secondary N) is 1. The van der Waals surface area contributed by atoms with E-state index in [4.69, 9.17) is 4.74 Å². The molecule has 0 aromatic rings. The van der Waals surface area contributed by atoms with Crippen LogP contribution < -0.4 is 10.2 Å². The van der Waals surface area contributed by atoms with Crippen molar-refractivity contribution < 1.29 is 24.2 Å². The summed E-state index contributed by atoms with van der Waals surface area (Å²) in [6.07, 6.45) is 7.32. The van der Waals surface area contributed by atoms with Gasteiger partial charge in [0.1, 0.15) is 12.1 Å². The number of nitrogens with zero attached hydrogens (tertiary/aromatic N) is 2. The molecule has 151 valence electrons. The Hall–Kier alpha value is -1.93. The van der Waals surface area contributed by atoms with E-state index >= 15 is 0 Å². The molecule has 3 unspecified atom stereocenters. The average Bonchev–Trinajstić information content (AvgIpc) is 3.03. The van der Waals surface area contributed by atoms with E-state index in [0.29, 0.717) is 19.4 Å². The number of carbonyl (C=O) groups excluding carboxylic acids is 3. The van der Waals surface area contributed by atoms with Gasteiger partial charge in [-0.05, 0) is 39.0 Å². The highest BCUT2D eigenvalue weighted by atomic mass is 16.5. The summed E-state index contributed by atoms with van der Waals surface area (Å²) >= 11 is 0. The van der Waals surface area contributed by atoms with Gasteiger partial charge in [-0.2, -0.15) is 0 Å². The molecule has 0 bridgehead atoms. The summed E-state index contributed by atoms with van der Waals surface area (Å²) in [5.41, 5.74) is 0. The molecule has 8 heteroatoms. The normalized spacial score (nSPS) is 28.9. The largest absolute Gasteiger partial charge is 0.467 e. The summed E-state index contributed by atoms with van der Waals surface area (Å²) in [4.78, 5) is 40.7. The van der Waals surface area contributed by atoms with Gasteiger partial charge >= 0.3 is 12.0 Å². The van der Waals surface area contributed by atoms with Crippen LogP contribution in [0.15, 0.2) is 12.2 Å². The first kappa shape index (κ1) is 21.4. The number of urea groups is 1. The van der Waals surface area contributed by atoms with Crippen molar-refractivity contribution in [3.05, 3.63) is 12.2 Å². The highest BCUT2D eigenvalue weighted by Crippen LogP contribution is 2.18. The Kier molecular flexibility index (Phi) is 8.24.